The summed E-state index contributed by atoms with van der Waals surface area (Å²) in [5.74, 6) is 0.152. The Balaban J connectivity index is 2.18. The molecule has 0 atom stereocenters. The Morgan fingerprint density at radius 3 is 2.79 bits per heavy atom. The van der Waals surface area contributed by atoms with Gasteiger partial charge < -0.3 is 0 Å². The molecule has 0 spiro atoms. The Bertz CT molecular complexity index is 785. The first-order valence-electron chi connectivity index (χ1n) is 5.23. The Hall–Kier alpha value is -2.97. The van der Waals surface area contributed by atoms with Gasteiger partial charge in [-0.05, 0) is 6.92 Å². The number of nitrogens with zero attached hydrogens (tertiary/aromatic N) is 3. The second kappa shape index (κ2) is 5.12. The topological polar surface area (TPSA) is 125 Å². The molecule has 0 bridgehead atoms. The van der Waals surface area contributed by atoms with Crippen molar-refractivity contribution in [3.8, 4) is 0 Å². The quantitative estimate of drug-likeness (QED) is 0.365. The fourth-order valence-corrected chi connectivity index (χ4v) is 1.30. The summed E-state index contributed by atoms with van der Waals surface area (Å²) < 4.78 is 1.06. The van der Waals surface area contributed by atoms with Gasteiger partial charge >= 0.3 is 5.69 Å². The zero-order chi connectivity index (χ0) is 13.8. The van der Waals surface area contributed by atoms with Crippen molar-refractivity contribution < 1.29 is 0 Å². The van der Waals surface area contributed by atoms with E-state index < -0.39 is 11.2 Å². The molecule has 0 fully saturated rings. The SMILES string of the molecule is Cc1cc(=O)[nH]c(N/N=C\n2ccc(=O)[nH]c2=O)n1. The lowest BCUT2D eigenvalue weighted by atomic mass is 10.5. The first kappa shape index (κ1) is 12.5. The standard InChI is InChI=1S/C10H10N6O3/c1-6-4-8(18)13-9(12-6)15-11-5-16-3-2-7(17)14-10(16)19/h2-5H,1H3,(H,14,17,19)(H2,12,13,15,18)/b11-5-. The minimum atomic E-state index is -0.622. The van der Waals surface area contributed by atoms with Crippen LogP contribution >= 0.6 is 0 Å². The van der Waals surface area contributed by atoms with Gasteiger partial charge in [-0.1, -0.05) is 0 Å². The molecular weight excluding hydrogens is 252 g/mol. The van der Waals surface area contributed by atoms with Crippen LogP contribution in [0.2, 0.25) is 0 Å². The Morgan fingerprint density at radius 2 is 2.11 bits per heavy atom. The third-order valence-electron chi connectivity index (χ3n) is 2.07. The van der Waals surface area contributed by atoms with E-state index in [4.69, 9.17) is 0 Å². The van der Waals surface area contributed by atoms with E-state index in [-0.39, 0.29) is 11.5 Å². The highest BCUT2D eigenvalue weighted by atomic mass is 16.2. The molecule has 0 unspecified atom stereocenters. The summed E-state index contributed by atoms with van der Waals surface area (Å²) in [5.41, 5.74) is 1.57. The van der Waals surface area contributed by atoms with Gasteiger partial charge in [-0.2, -0.15) is 5.10 Å². The second-order valence-corrected chi connectivity index (χ2v) is 3.61. The van der Waals surface area contributed by atoms with E-state index in [0.717, 1.165) is 10.9 Å². The third-order valence-corrected chi connectivity index (χ3v) is 2.07. The van der Waals surface area contributed by atoms with Crippen molar-refractivity contribution in [1.29, 1.82) is 0 Å². The average Bonchev–Trinajstić information content (AvgIpc) is 2.30. The molecule has 0 aliphatic carbocycles. The summed E-state index contributed by atoms with van der Waals surface area (Å²) in [6.07, 6.45) is 2.40. The number of hydrazone groups is 1. The first-order valence-corrected chi connectivity index (χ1v) is 5.23. The minimum absolute atomic E-state index is 0.152. The van der Waals surface area contributed by atoms with Gasteiger partial charge in [0.05, 0.1) is 0 Å². The molecule has 0 saturated carbocycles. The van der Waals surface area contributed by atoms with Crippen LogP contribution in [0.25, 0.3) is 0 Å². The molecule has 3 N–H and O–H groups in total. The number of rotatable bonds is 3. The summed E-state index contributed by atoms with van der Waals surface area (Å²) in [6, 6.07) is 2.52. The fourth-order valence-electron chi connectivity index (χ4n) is 1.30. The number of hydrogen-bond acceptors (Lipinski definition) is 6. The van der Waals surface area contributed by atoms with Crippen molar-refractivity contribution in [1.82, 2.24) is 19.5 Å². The molecule has 0 aliphatic heterocycles. The minimum Gasteiger partial charge on any atom is -0.291 e. The molecular formula is C10H10N6O3. The predicted octanol–water partition coefficient (Wildman–Crippen LogP) is -1.17. The van der Waals surface area contributed by atoms with Crippen molar-refractivity contribution in [3.63, 3.8) is 0 Å². The van der Waals surface area contributed by atoms with E-state index in [1.165, 1.54) is 18.3 Å². The van der Waals surface area contributed by atoms with Crippen molar-refractivity contribution in [2.45, 2.75) is 6.92 Å². The van der Waals surface area contributed by atoms with Gasteiger partial charge in [0, 0.05) is 24.0 Å². The number of anilines is 1. The molecule has 98 valence electrons. The molecule has 19 heavy (non-hydrogen) atoms. The van der Waals surface area contributed by atoms with E-state index in [0.29, 0.717) is 5.69 Å². The Morgan fingerprint density at radius 1 is 1.32 bits per heavy atom. The lowest BCUT2D eigenvalue weighted by Gasteiger charge is -2.00. The van der Waals surface area contributed by atoms with Crippen molar-refractivity contribution in [3.05, 3.63) is 55.2 Å². The highest BCUT2D eigenvalue weighted by Crippen LogP contribution is 1.94. The number of H-pyrrole nitrogens is 2. The molecule has 2 aromatic rings. The van der Waals surface area contributed by atoms with Gasteiger partial charge in [-0.15, -0.1) is 0 Å². The van der Waals surface area contributed by atoms with Gasteiger partial charge in [0.15, 0.2) is 0 Å². The van der Waals surface area contributed by atoms with Crippen LogP contribution in [0.3, 0.4) is 0 Å². The number of aromatic amines is 2. The van der Waals surface area contributed by atoms with E-state index >= 15 is 0 Å². The summed E-state index contributed by atoms with van der Waals surface area (Å²) >= 11 is 0. The van der Waals surface area contributed by atoms with Gasteiger partial charge in [-0.3, -0.25) is 24.1 Å². The molecule has 9 nitrogen and oxygen atoms in total. The van der Waals surface area contributed by atoms with E-state index in [2.05, 4.69) is 25.5 Å². The lowest BCUT2D eigenvalue weighted by Crippen LogP contribution is -2.28. The Labute approximate surface area is 105 Å². The molecule has 0 radical (unpaired) electrons. The van der Waals surface area contributed by atoms with Gasteiger partial charge in [0.1, 0.15) is 6.34 Å². The lowest BCUT2D eigenvalue weighted by molar-refractivity contribution is 0.946. The molecule has 0 aliphatic rings. The van der Waals surface area contributed by atoms with Gasteiger partial charge in [0.2, 0.25) is 5.95 Å². The average molecular weight is 262 g/mol. The van der Waals surface area contributed by atoms with E-state index in [1.54, 1.807) is 6.92 Å². The van der Waals surface area contributed by atoms with Gasteiger partial charge in [0.25, 0.3) is 11.1 Å². The van der Waals surface area contributed by atoms with Crippen molar-refractivity contribution >= 4 is 12.3 Å². The first-order chi connectivity index (χ1) is 9.04. The molecule has 2 heterocycles. The zero-order valence-electron chi connectivity index (χ0n) is 9.88. The molecule has 9 heteroatoms. The predicted molar refractivity (Wildman–Crippen MR) is 68.4 cm³/mol. The maximum atomic E-state index is 11.3. The molecule has 2 aromatic heterocycles. The van der Waals surface area contributed by atoms with Crippen LogP contribution in [-0.2, 0) is 0 Å². The second-order valence-electron chi connectivity index (χ2n) is 3.61. The van der Waals surface area contributed by atoms with Crippen LogP contribution in [0, 0.1) is 6.92 Å². The number of hydrogen-bond donors (Lipinski definition) is 3. The van der Waals surface area contributed by atoms with Crippen LogP contribution in [0.5, 0.6) is 0 Å². The monoisotopic (exact) mass is 262 g/mol. The third kappa shape index (κ3) is 3.25. The fraction of sp³-hybridized carbons (Fsp3) is 0.100. The van der Waals surface area contributed by atoms with Crippen LogP contribution < -0.4 is 22.2 Å². The number of aromatic nitrogens is 4. The molecule has 2 rings (SSSR count). The van der Waals surface area contributed by atoms with Crippen LogP contribution in [-0.4, -0.2) is 25.9 Å². The molecule has 0 saturated heterocycles. The maximum Gasteiger partial charge on any atom is 0.333 e. The van der Waals surface area contributed by atoms with Crippen molar-refractivity contribution in [2.24, 2.45) is 5.10 Å². The molecule has 0 amide bonds. The van der Waals surface area contributed by atoms with Crippen LogP contribution in [0.1, 0.15) is 5.69 Å². The van der Waals surface area contributed by atoms with E-state index in [9.17, 15) is 14.4 Å². The Kier molecular flexibility index (Phi) is 3.37. The summed E-state index contributed by atoms with van der Waals surface area (Å²) in [4.78, 5) is 41.8. The summed E-state index contributed by atoms with van der Waals surface area (Å²) in [5, 5.41) is 3.72. The number of nitrogens with one attached hydrogen (secondary N) is 3. The smallest absolute Gasteiger partial charge is 0.291 e. The van der Waals surface area contributed by atoms with E-state index in [1.807, 2.05) is 0 Å². The summed E-state index contributed by atoms with van der Waals surface area (Å²) in [6.45, 7) is 1.66. The zero-order valence-corrected chi connectivity index (χ0v) is 9.88. The van der Waals surface area contributed by atoms with Crippen LogP contribution in [0.15, 0.2) is 37.8 Å². The number of aryl methyl sites for hydroxylation is 1. The molecule has 0 aromatic carbocycles. The van der Waals surface area contributed by atoms with Crippen LogP contribution in [0.4, 0.5) is 5.95 Å². The van der Waals surface area contributed by atoms with Gasteiger partial charge in [-0.25, -0.2) is 15.2 Å². The largest absolute Gasteiger partial charge is 0.333 e. The highest BCUT2D eigenvalue weighted by molar-refractivity contribution is 5.58. The highest BCUT2D eigenvalue weighted by Gasteiger charge is 1.95. The normalized spacial score (nSPS) is 10.8. The van der Waals surface area contributed by atoms with Crippen molar-refractivity contribution in [2.75, 3.05) is 5.43 Å². The summed E-state index contributed by atoms with van der Waals surface area (Å²) in [7, 11) is 0. The maximum absolute atomic E-state index is 11.3.